The van der Waals surface area contributed by atoms with Crippen LogP contribution in [0.2, 0.25) is 0 Å². The van der Waals surface area contributed by atoms with Gasteiger partial charge in [-0.3, -0.25) is 4.79 Å². The lowest BCUT2D eigenvalue weighted by molar-refractivity contribution is -0.116. The number of hydrogen-bond donors (Lipinski definition) is 2. The third-order valence-corrected chi connectivity index (χ3v) is 6.47. The summed E-state index contributed by atoms with van der Waals surface area (Å²) in [5.74, 6) is 0.369. The number of rotatable bonds is 9. The van der Waals surface area contributed by atoms with E-state index in [2.05, 4.69) is 36.3 Å². The van der Waals surface area contributed by atoms with Crippen LogP contribution in [0.3, 0.4) is 0 Å². The van der Waals surface area contributed by atoms with Crippen molar-refractivity contribution in [1.29, 1.82) is 0 Å². The zero-order chi connectivity index (χ0) is 23.9. The first-order valence-corrected chi connectivity index (χ1v) is 12.1. The van der Waals surface area contributed by atoms with Crippen LogP contribution in [-0.4, -0.2) is 11.4 Å². The third-order valence-electron chi connectivity index (χ3n) is 5.44. The number of anilines is 1. The summed E-state index contributed by atoms with van der Waals surface area (Å²) < 4.78 is 19.1. The maximum Gasteiger partial charge on any atom is 0.260 e. The van der Waals surface area contributed by atoms with E-state index in [9.17, 15) is 9.18 Å². The summed E-state index contributed by atoms with van der Waals surface area (Å²) in [4.78, 5) is 13.2. The Morgan fingerprint density at radius 1 is 1.09 bits per heavy atom. The number of hydrogen-bond acceptors (Lipinski definition) is 4. The predicted molar refractivity (Wildman–Crippen MR) is 138 cm³/mol. The van der Waals surface area contributed by atoms with Gasteiger partial charge in [0.05, 0.1) is 4.91 Å². The first-order chi connectivity index (χ1) is 16.5. The number of nitrogens with one attached hydrogen (secondary N) is 2. The maximum absolute atomic E-state index is 13.1. The first kappa shape index (κ1) is 23.6. The molecule has 0 saturated carbocycles. The first-order valence-electron chi connectivity index (χ1n) is 11.2. The SMILES string of the molecule is C=CCc1cc(/C=C2\S[C@@H](Nc3ccc(CC)cc3)NC2=O)ccc1OCc1ccc(F)cc1. The molecule has 0 spiro atoms. The molecule has 4 nitrogen and oxygen atoms in total. The lowest BCUT2D eigenvalue weighted by Crippen LogP contribution is -2.30. The van der Waals surface area contributed by atoms with Gasteiger partial charge in [0.25, 0.3) is 5.91 Å². The smallest absolute Gasteiger partial charge is 0.260 e. The molecule has 0 aliphatic carbocycles. The molecule has 0 aromatic heterocycles. The van der Waals surface area contributed by atoms with Crippen LogP contribution in [0.4, 0.5) is 10.1 Å². The minimum absolute atomic E-state index is 0.102. The maximum atomic E-state index is 13.1. The van der Waals surface area contributed by atoms with E-state index in [1.807, 2.05) is 42.5 Å². The number of thioether (sulfide) groups is 1. The van der Waals surface area contributed by atoms with E-state index in [1.165, 1.54) is 29.5 Å². The van der Waals surface area contributed by atoms with Gasteiger partial charge in [-0.1, -0.05) is 55.1 Å². The average molecular weight is 475 g/mol. The second kappa shape index (κ2) is 11.1. The molecule has 1 heterocycles. The van der Waals surface area contributed by atoms with Crippen LogP contribution in [0, 0.1) is 5.82 Å². The summed E-state index contributed by atoms with van der Waals surface area (Å²) in [5.41, 5.74) is 4.79. The molecular formula is C28H27FN2O2S. The predicted octanol–water partition coefficient (Wildman–Crippen LogP) is 6.30. The fourth-order valence-electron chi connectivity index (χ4n) is 3.59. The largest absolute Gasteiger partial charge is 0.489 e. The van der Waals surface area contributed by atoms with Crippen molar-refractivity contribution >= 4 is 29.4 Å². The number of carbonyl (C=O) groups is 1. The van der Waals surface area contributed by atoms with Crippen molar-refractivity contribution in [1.82, 2.24) is 5.32 Å². The minimum Gasteiger partial charge on any atom is -0.489 e. The van der Waals surface area contributed by atoms with Crippen LogP contribution in [0.5, 0.6) is 5.75 Å². The van der Waals surface area contributed by atoms with Crippen molar-refractivity contribution < 1.29 is 13.9 Å². The van der Waals surface area contributed by atoms with E-state index in [0.717, 1.165) is 34.5 Å². The number of amides is 1. The molecule has 34 heavy (non-hydrogen) atoms. The molecule has 3 aromatic rings. The quantitative estimate of drug-likeness (QED) is 0.282. The van der Waals surface area contributed by atoms with E-state index in [1.54, 1.807) is 12.1 Å². The Balaban J connectivity index is 1.44. The highest BCUT2D eigenvalue weighted by atomic mass is 32.2. The van der Waals surface area contributed by atoms with Gasteiger partial charge < -0.3 is 15.4 Å². The molecule has 0 radical (unpaired) electrons. The zero-order valence-electron chi connectivity index (χ0n) is 19.0. The molecule has 6 heteroatoms. The summed E-state index contributed by atoms with van der Waals surface area (Å²) in [6.45, 7) is 6.31. The normalized spacial score (nSPS) is 16.4. The Morgan fingerprint density at radius 2 is 1.82 bits per heavy atom. The highest BCUT2D eigenvalue weighted by Crippen LogP contribution is 2.31. The molecule has 1 saturated heterocycles. The van der Waals surface area contributed by atoms with Gasteiger partial charge in [-0.2, -0.15) is 0 Å². The minimum atomic E-state index is -0.269. The van der Waals surface area contributed by atoms with Crippen molar-refractivity contribution in [2.24, 2.45) is 0 Å². The molecule has 1 amide bonds. The molecule has 0 unspecified atom stereocenters. The van der Waals surface area contributed by atoms with Gasteiger partial charge in [0.2, 0.25) is 0 Å². The van der Waals surface area contributed by atoms with Gasteiger partial charge in [-0.15, -0.1) is 6.58 Å². The molecule has 1 aliphatic heterocycles. The second-order valence-corrected chi connectivity index (χ2v) is 9.10. The highest BCUT2D eigenvalue weighted by molar-refractivity contribution is 8.05. The Labute approximate surface area is 203 Å². The molecular weight excluding hydrogens is 447 g/mol. The number of allylic oxidation sites excluding steroid dienone is 1. The highest BCUT2D eigenvalue weighted by Gasteiger charge is 2.27. The number of benzene rings is 3. The van der Waals surface area contributed by atoms with Crippen LogP contribution in [0.15, 0.2) is 84.3 Å². The number of halogens is 1. The summed E-state index contributed by atoms with van der Waals surface area (Å²) in [5, 5.41) is 6.32. The third kappa shape index (κ3) is 6.08. The summed E-state index contributed by atoms with van der Waals surface area (Å²) >= 11 is 1.46. The van der Waals surface area contributed by atoms with Crippen molar-refractivity contribution in [2.75, 3.05) is 5.32 Å². The van der Waals surface area contributed by atoms with E-state index >= 15 is 0 Å². The van der Waals surface area contributed by atoms with E-state index in [-0.39, 0.29) is 17.2 Å². The van der Waals surface area contributed by atoms with Crippen LogP contribution < -0.4 is 15.4 Å². The van der Waals surface area contributed by atoms with Crippen LogP contribution in [0.25, 0.3) is 6.08 Å². The Hall–Kier alpha value is -3.51. The van der Waals surface area contributed by atoms with Gasteiger partial charge in [-0.25, -0.2) is 4.39 Å². The lowest BCUT2D eigenvalue weighted by atomic mass is 10.1. The molecule has 174 valence electrons. The molecule has 0 bridgehead atoms. The van der Waals surface area contributed by atoms with Gasteiger partial charge in [0.15, 0.2) is 5.50 Å². The zero-order valence-corrected chi connectivity index (χ0v) is 19.8. The Morgan fingerprint density at radius 3 is 2.53 bits per heavy atom. The van der Waals surface area contributed by atoms with E-state index < -0.39 is 0 Å². The second-order valence-electron chi connectivity index (χ2n) is 7.95. The Kier molecular flexibility index (Phi) is 7.70. The molecule has 1 atom stereocenters. The van der Waals surface area contributed by atoms with Gasteiger partial charge >= 0.3 is 0 Å². The number of aryl methyl sites for hydroxylation is 1. The van der Waals surface area contributed by atoms with Crippen molar-refractivity contribution in [2.45, 2.75) is 31.9 Å². The summed E-state index contributed by atoms with van der Waals surface area (Å²) in [6.07, 6.45) is 5.33. The van der Waals surface area contributed by atoms with Crippen molar-refractivity contribution in [3.8, 4) is 5.75 Å². The van der Waals surface area contributed by atoms with Crippen LogP contribution in [0.1, 0.15) is 29.2 Å². The van der Waals surface area contributed by atoms with Crippen molar-refractivity contribution in [3.05, 3.63) is 112 Å². The fraction of sp³-hybridized carbons (Fsp3) is 0.179. The average Bonchev–Trinajstić information content (AvgIpc) is 3.18. The van der Waals surface area contributed by atoms with Crippen LogP contribution >= 0.6 is 11.8 Å². The standard InChI is InChI=1S/C28H27FN2O2S/c1-3-5-22-16-21(10-15-25(22)33-18-20-6-11-23(29)12-7-20)17-26-27(32)31-28(34-26)30-24-13-8-19(4-2)9-14-24/h3,6-17,28,30H,1,4-5,18H2,2H3,(H,31,32)/b26-17-/t28-/m0/s1. The van der Waals surface area contributed by atoms with Gasteiger partial charge in [-0.05, 0) is 77.6 Å². The molecule has 1 aliphatic rings. The topological polar surface area (TPSA) is 50.4 Å². The lowest BCUT2D eigenvalue weighted by Gasteiger charge is -2.13. The van der Waals surface area contributed by atoms with Crippen molar-refractivity contribution in [3.63, 3.8) is 0 Å². The van der Waals surface area contributed by atoms with E-state index in [4.69, 9.17) is 4.74 Å². The molecule has 3 aromatic carbocycles. The van der Waals surface area contributed by atoms with Gasteiger partial charge in [0, 0.05) is 5.69 Å². The van der Waals surface area contributed by atoms with Gasteiger partial charge in [0.1, 0.15) is 18.2 Å². The molecule has 1 fully saturated rings. The monoisotopic (exact) mass is 474 g/mol. The molecule has 4 rings (SSSR count). The van der Waals surface area contributed by atoms with Crippen LogP contribution in [-0.2, 0) is 24.2 Å². The fourth-order valence-corrected chi connectivity index (χ4v) is 4.58. The molecule has 2 N–H and O–H groups in total. The number of carbonyl (C=O) groups excluding carboxylic acids is 1. The van der Waals surface area contributed by atoms with E-state index in [0.29, 0.717) is 17.9 Å². The summed E-state index contributed by atoms with van der Waals surface area (Å²) in [6, 6.07) is 20.3. The summed E-state index contributed by atoms with van der Waals surface area (Å²) in [7, 11) is 0. The number of ether oxygens (including phenoxy) is 1. The Bertz CT molecular complexity index is 1190.